The lowest BCUT2D eigenvalue weighted by Crippen LogP contribution is -2.26. The normalized spacial score (nSPS) is 36.1. The third kappa shape index (κ3) is 4.63. The smallest absolute Gasteiger partial charge is 0.0494 e. The van der Waals surface area contributed by atoms with E-state index in [0.29, 0.717) is 0 Å². The van der Waals surface area contributed by atoms with Crippen LogP contribution in [0, 0.1) is 23.7 Å². The highest BCUT2D eigenvalue weighted by molar-refractivity contribution is 4.87. The molecular formula is C18H32O. The highest BCUT2D eigenvalue weighted by atomic mass is 16.5. The Morgan fingerprint density at radius 2 is 1.53 bits per heavy atom. The summed E-state index contributed by atoms with van der Waals surface area (Å²) in [7, 11) is 0. The van der Waals surface area contributed by atoms with E-state index in [1.54, 1.807) is 0 Å². The van der Waals surface area contributed by atoms with E-state index >= 15 is 0 Å². The van der Waals surface area contributed by atoms with Crippen LogP contribution in [0.1, 0.15) is 64.7 Å². The van der Waals surface area contributed by atoms with Gasteiger partial charge in [-0.2, -0.15) is 0 Å². The predicted molar refractivity (Wildman–Crippen MR) is 82.2 cm³/mol. The lowest BCUT2D eigenvalue weighted by Gasteiger charge is -2.37. The van der Waals surface area contributed by atoms with Gasteiger partial charge in [-0.25, -0.2) is 0 Å². The summed E-state index contributed by atoms with van der Waals surface area (Å²) in [5.41, 5.74) is 0. The van der Waals surface area contributed by atoms with Crippen molar-refractivity contribution in [2.24, 2.45) is 23.7 Å². The molecule has 1 nitrogen and oxygen atoms in total. The molecule has 19 heavy (non-hydrogen) atoms. The third-order valence-electron chi connectivity index (χ3n) is 5.41. The van der Waals surface area contributed by atoms with Crippen LogP contribution in [-0.4, -0.2) is 13.2 Å². The minimum absolute atomic E-state index is 0.815. The summed E-state index contributed by atoms with van der Waals surface area (Å²) in [5.74, 6) is 3.71. The quantitative estimate of drug-likeness (QED) is 0.472. The largest absolute Gasteiger partial charge is 0.381 e. The molecule has 0 aromatic rings. The summed E-state index contributed by atoms with van der Waals surface area (Å²) in [6.07, 6.45) is 14.8. The summed E-state index contributed by atoms with van der Waals surface area (Å²) >= 11 is 0. The predicted octanol–water partition coefficient (Wildman–Crippen LogP) is 5.21. The summed E-state index contributed by atoms with van der Waals surface area (Å²) in [6, 6.07) is 0. The number of hydrogen-bond donors (Lipinski definition) is 0. The van der Waals surface area contributed by atoms with Crippen LogP contribution in [0.3, 0.4) is 0 Å². The van der Waals surface area contributed by atoms with E-state index in [9.17, 15) is 0 Å². The molecule has 0 N–H and O–H groups in total. The lowest BCUT2D eigenvalue weighted by atomic mass is 9.69. The summed E-state index contributed by atoms with van der Waals surface area (Å²) in [5, 5.41) is 0. The van der Waals surface area contributed by atoms with Crippen LogP contribution in [0.15, 0.2) is 12.7 Å². The fourth-order valence-electron chi connectivity index (χ4n) is 4.07. The van der Waals surface area contributed by atoms with Crippen molar-refractivity contribution in [2.75, 3.05) is 13.2 Å². The van der Waals surface area contributed by atoms with Gasteiger partial charge in [0.1, 0.15) is 0 Å². The Hall–Kier alpha value is -0.300. The first-order chi connectivity index (χ1) is 9.33. The molecule has 0 unspecified atom stereocenters. The standard InChI is InChI=1S/C18H32O/c1-3-13-19-14-16-7-11-18(12-8-16)17-9-5-15(4-2)6-10-17/h4,15-18H,2-3,5-14H2,1H3/t15-,16?,17-,18?. The first-order valence-electron chi connectivity index (χ1n) is 8.53. The highest BCUT2D eigenvalue weighted by Crippen LogP contribution is 2.41. The van der Waals surface area contributed by atoms with Gasteiger partial charge in [0.15, 0.2) is 0 Å². The van der Waals surface area contributed by atoms with Crippen molar-refractivity contribution in [2.45, 2.75) is 64.7 Å². The number of rotatable bonds is 6. The molecule has 2 aliphatic carbocycles. The van der Waals surface area contributed by atoms with Crippen molar-refractivity contribution in [3.63, 3.8) is 0 Å². The fourth-order valence-corrected chi connectivity index (χ4v) is 4.07. The van der Waals surface area contributed by atoms with E-state index in [4.69, 9.17) is 4.74 Å². The maximum Gasteiger partial charge on any atom is 0.0494 e. The molecule has 0 aromatic carbocycles. The van der Waals surface area contributed by atoms with Crippen LogP contribution in [0.4, 0.5) is 0 Å². The molecule has 0 atom stereocenters. The van der Waals surface area contributed by atoms with Gasteiger partial charge in [-0.1, -0.05) is 13.0 Å². The average molecular weight is 264 g/mol. The number of ether oxygens (including phenoxy) is 1. The zero-order valence-corrected chi connectivity index (χ0v) is 12.8. The molecule has 1 heteroatoms. The topological polar surface area (TPSA) is 9.23 Å². The average Bonchev–Trinajstić information content (AvgIpc) is 2.48. The molecule has 0 radical (unpaired) electrons. The molecule has 110 valence electrons. The second-order valence-electron chi connectivity index (χ2n) is 6.77. The molecule has 0 spiro atoms. The van der Waals surface area contributed by atoms with Crippen molar-refractivity contribution >= 4 is 0 Å². The maximum atomic E-state index is 5.72. The van der Waals surface area contributed by atoms with Crippen LogP contribution in [0.5, 0.6) is 0 Å². The minimum atomic E-state index is 0.815. The number of allylic oxidation sites excluding steroid dienone is 1. The van der Waals surface area contributed by atoms with Gasteiger partial charge in [-0.3, -0.25) is 0 Å². The first-order valence-corrected chi connectivity index (χ1v) is 8.53. The van der Waals surface area contributed by atoms with E-state index in [0.717, 1.165) is 43.3 Å². The van der Waals surface area contributed by atoms with E-state index in [1.807, 2.05) is 0 Å². The summed E-state index contributed by atoms with van der Waals surface area (Å²) in [4.78, 5) is 0. The summed E-state index contributed by atoms with van der Waals surface area (Å²) in [6.45, 7) is 8.11. The van der Waals surface area contributed by atoms with Crippen LogP contribution in [0.25, 0.3) is 0 Å². The second-order valence-corrected chi connectivity index (χ2v) is 6.77. The van der Waals surface area contributed by atoms with Crippen molar-refractivity contribution in [1.82, 2.24) is 0 Å². The van der Waals surface area contributed by atoms with Gasteiger partial charge in [0.2, 0.25) is 0 Å². The highest BCUT2D eigenvalue weighted by Gasteiger charge is 2.30. The Kier molecular flexibility index (Phi) is 6.43. The lowest BCUT2D eigenvalue weighted by molar-refractivity contribution is 0.0662. The zero-order valence-electron chi connectivity index (χ0n) is 12.8. The van der Waals surface area contributed by atoms with Crippen molar-refractivity contribution in [3.8, 4) is 0 Å². The molecule has 0 saturated heterocycles. The Bertz CT molecular complexity index is 244. The molecule has 2 rings (SSSR count). The molecule has 0 bridgehead atoms. The van der Waals surface area contributed by atoms with Crippen LogP contribution in [-0.2, 0) is 4.74 Å². The Balaban J connectivity index is 1.64. The molecule has 2 fully saturated rings. The Labute approximate surface area is 119 Å². The molecule has 0 amide bonds. The van der Waals surface area contributed by atoms with E-state index in [1.165, 1.54) is 51.4 Å². The van der Waals surface area contributed by atoms with Gasteiger partial charge in [0, 0.05) is 13.2 Å². The molecule has 0 aliphatic heterocycles. The second kappa shape index (κ2) is 8.09. The van der Waals surface area contributed by atoms with Gasteiger partial charge in [0.05, 0.1) is 0 Å². The van der Waals surface area contributed by atoms with Crippen LogP contribution < -0.4 is 0 Å². The molecular weight excluding hydrogens is 232 g/mol. The van der Waals surface area contributed by atoms with Gasteiger partial charge in [-0.15, -0.1) is 6.58 Å². The van der Waals surface area contributed by atoms with Crippen molar-refractivity contribution in [1.29, 1.82) is 0 Å². The van der Waals surface area contributed by atoms with Gasteiger partial charge in [-0.05, 0) is 81.5 Å². The monoisotopic (exact) mass is 264 g/mol. The number of hydrogen-bond acceptors (Lipinski definition) is 1. The first kappa shape index (κ1) is 15.1. The van der Waals surface area contributed by atoms with Crippen LogP contribution in [0.2, 0.25) is 0 Å². The van der Waals surface area contributed by atoms with Crippen molar-refractivity contribution < 1.29 is 4.74 Å². The van der Waals surface area contributed by atoms with Gasteiger partial charge in [0.25, 0.3) is 0 Å². The van der Waals surface area contributed by atoms with Crippen LogP contribution >= 0.6 is 0 Å². The van der Waals surface area contributed by atoms with Gasteiger partial charge >= 0.3 is 0 Å². The molecule has 0 heterocycles. The Morgan fingerprint density at radius 3 is 2.05 bits per heavy atom. The molecule has 2 aliphatic rings. The SMILES string of the molecule is C=C[C@H]1CC[C@H](C2CCC(COCCC)CC2)CC1. The van der Waals surface area contributed by atoms with E-state index in [2.05, 4.69) is 19.6 Å². The van der Waals surface area contributed by atoms with E-state index in [-0.39, 0.29) is 0 Å². The fraction of sp³-hybridized carbons (Fsp3) is 0.889. The maximum absolute atomic E-state index is 5.72. The summed E-state index contributed by atoms with van der Waals surface area (Å²) < 4.78 is 5.72. The zero-order chi connectivity index (χ0) is 13.5. The molecule has 2 saturated carbocycles. The van der Waals surface area contributed by atoms with Crippen molar-refractivity contribution in [3.05, 3.63) is 12.7 Å². The van der Waals surface area contributed by atoms with E-state index < -0.39 is 0 Å². The Morgan fingerprint density at radius 1 is 0.947 bits per heavy atom. The third-order valence-corrected chi connectivity index (χ3v) is 5.41. The molecule has 0 aromatic heterocycles. The van der Waals surface area contributed by atoms with Gasteiger partial charge < -0.3 is 4.74 Å². The minimum Gasteiger partial charge on any atom is -0.381 e.